The number of carbonyl (C=O) groups excluding carboxylic acids is 2. The number of H-pyrrole nitrogens is 1. The van der Waals surface area contributed by atoms with Crippen LogP contribution >= 0.6 is 0 Å². The van der Waals surface area contributed by atoms with Crippen molar-refractivity contribution in [1.82, 2.24) is 9.88 Å². The van der Waals surface area contributed by atoms with Crippen LogP contribution in [0.2, 0.25) is 0 Å². The van der Waals surface area contributed by atoms with Crippen LogP contribution in [0.1, 0.15) is 50.5 Å². The number of nitrogens with two attached hydrogens (primary N) is 1. The molecule has 7 rings (SSSR count). The summed E-state index contributed by atoms with van der Waals surface area (Å²) in [4.78, 5) is 39.7. The average Bonchev–Trinajstić information content (AvgIpc) is 3.49. The first-order valence-corrected chi connectivity index (χ1v) is 14.1. The van der Waals surface area contributed by atoms with Gasteiger partial charge in [0.1, 0.15) is 12.2 Å². The molecule has 1 saturated heterocycles. The molecule has 3 atom stereocenters. The molecule has 1 aromatic heterocycles. The number of hydrogen-bond donors (Lipinski definition) is 4. The van der Waals surface area contributed by atoms with Gasteiger partial charge in [-0.3, -0.25) is 9.59 Å². The zero-order chi connectivity index (χ0) is 30.4. The SMILES string of the molecule is N#CC1CC(F)CN1C(=O)C(N)Cc1c[nH]c2ccc(NC(=O)C34CC5CC(CC(C5)C3)C4)cc12.O=C(O)C(F)(F)F. The smallest absolute Gasteiger partial charge is 0.475 e. The largest absolute Gasteiger partial charge is 0.490 e. The molecule has 3 unspecified atom stereocenters. The van der Waals surface area contributed by atoms with Gasteiger partial charge in [-0.1, -0.05) is 0 Å². The lowest BCUT2D eigenvalue weighted by Crippen LogP contribution is -2.51. The molecular weight excluding hydrogens is 558 g/mol. The van der Waals surface area contributed by atoms with Crippen LogP contribution in [-0.4, -0.2) is 63.8 Å². The fourth-order valence-electron chi connectivity index (χ4n) is 7.77. The van der Waals surface area contributed by atoms with Crippen LogP contribution in [-0.2, 0) is 20.8 Å². The van der Waals surface area contributed by atoms with Crippen LogP contribution < -0.4 is 11.1 Å². The van der Waals surface area contributed by atoms with Gasteiger partial charge in [0.2, 0.25) is 11.8 Å². The average molecular weight is 592 g/mol. The Morgan fingerprint density at radius 1 is 1.14 bits per heavy atom. The van der Waals surface area contributed by atoms with E-state index in [0.29, 0.717) is 17.8 Å². The second-order valence-corrected chi connectivity index (χ2v) is 12.3. The van der Waals surface area contributed by atoms with E-state index >= 15 is 0 Å². The Hall–Kier alpha value is -3.66. The van der Waals surface area contributed by atoms with Crippen LogP contribution in [0.3, 0.4) is 0 Å². The van der Waals surface area contributed by atoms with Crippen LogP contribution in [0.5, 0.6) is 0 Å². The summed E-state index contributed by atoms with van der Waals surface area (Å²) < 4.78 is 45.5. The van der Waals surface area contributed by atoms with Crippen molar-refractivity contribution < 1.29 is 37.1 Å². The summed E-state index contributed by atoms with van der Waals surface area (Å²) >= 11 is 0. The Bertz CT molecular complexity index is 1380. The predicted molar refractivity (Wildman–Crippen MR) is 144 cm³/mol. The lowest BCUT2D eigenvalue weighted by molar-refractivity contribution is -0.192. The minimum Gasteiger partial charge on any atom is -0.475 e. The fourth-order valence-corrected chi connectivity index (χ4v) is 7.77. The number of hydrogen-bond acceptors (Lipinski definition) is 5. The van der Waals surface area contributed by atoms with E-state index in [1.165, 1.54) is 24.2 Å². The molecule has 5 fully saturated rings. The van der Waals surface area contributed by atoms with E-state index in [2.05, 4.69) is 10.3 Å². The van der Waals surface area contributed by atoms with Crippen molar-refractivity contribution in [2.24, 2.45) is 28.9 Å². The van der Waals surface area contributed by atoms with Gasteiger partial charge in [0.05, 0.1) is 24.1 Å². The van der Waals surface area contributed by atoms with Gasteiger partial charge in [-0.25, -0.2) is 9.18 Å². The Balaban J connectivity index is 0.000000451. The maximum Gasteiger partial charge on any atom is 0.490 e. The second-order valence-electron chi connectivity index (χ2n) is 12.3. The van der Waals surface area contributed by atoms with E-state index in [9.17, 15) is 32.4 Å². The molecule has 4 saturated carbocycles. The molecule has 13 heteroatoms. The number of fused-ring (bicyclic) bond motifs is 1. The number of carboxylic acid groups (broad SMARTS) is 1. The van der Waals surface area contributed by atoms with E-state index in [4.69, 9.17) is 15.6 Å². The first-order valence-electron chi connectivity index (χ1n) is 14.1. The highest BCUT2D eigenvalue weighted by Crippen LogP contribution is 2.60. The predicted octanol–water partition coefficient (Wildman–Crippen LogP) is 4.29. The van der Waals surface area contributed by atoms with Crippen LogP contribution in [0.4, 0.5) is 23.2 Å². The third-order valence-corrected chi connectivity index (χ3v) is 9.23. The molecule has 42 heavy (non-hydrogen) atoms. The number of carboxylic acids is 1. The zero-order valence-electron chi connectivity index (χ0n) is 22.8. The summed E-state index contributed by atoms with van der Waals surface area (Å²) in [7, 11) is 0. The van der Waals surface area contributed by atoms with Gasteiger partial charge in [0.15, 0.2) is 0 Å². The summed E-state index contributed by atoms with van der Waals surface area (Å²) in [5.41, 5.74) is 8.51. The molecule has 0 spiro atoms. The summed E-state index contributed by atoms with van der Waals surface area (Å²) in [5, 5.41) is 20.5. The van der Waals surface area contributed by atoms with E-state index in [-0.39, 0.29) is 30.7 Å². The minimum absolute atomic E-state index is 0.0365. The van der Waals surface area contributed by atoms with E-state index in [1.54, 1.807) is 0 Å². The van der Waals surface area contributed by atoms with Crippen molar-refractivity contribution in [2.75, 3.05) is 11.9 Å². The maximum absolute atomic E-state index is 13.8. The topological polar surface area (TPSA) is 152 Å². The molecule has 4 aliphatic carbocycles. The number of aromatic amines is 1. The first-order chi connectivity index (χ1) is 19.8. The van der Waals surface area contributed by atoms with Crippen molar-refractivity contribution in [3.63, 3.8) is 0 Å². The number of aliphatic carboxylic acids is 1. The highest BCUT2D eigenvalue weighted by atomic mass is 19.4. The van der Waals surface area contributed by atoms with Gasteiger partial charge < -0.3 is 26.0 Å². The van der Waals surface area contributed by atoms with Gasteiger partial charge in [-0.2, -0.15) is 18.4 Å². The Morgan fingerprint density at radius 2 is 1.74 bits per heavy atom. The zero-order valence-corrected chi connectivity index (χ0v) is 22.8. The van der Waals surface area contributed by atoms with Crippen molar-refractivity contribution in [3.05, 3.63) is 30.0 Å². The number of halogens is 4. The number of nitriles is 1. The normalized spacial score (nSPS) is 30.4. The molecule has 0 radical (unpaired) electrons. The molecule has 5 aliphatic rings. The number of benzene rings is 1. The van der Waals surface area contributed by atoms with E-state index in [1.807, 2.05) is 30.5 Å². The minimum atomic E-state index is -5.08. The first kappa shape index (κ1) is 29.8. The van der Waals surface area contributed by atoms with Crippen molar-refractivity contribution in [2.45, 2.75) is 75.8 Å². The highest BCUT2D eigenvalue weighted by Gasteiger charge is 2.54. The van der Waals surface area contributed by atoms with Gasteiger partial charge in [0.25, 0.3) is 0 Å². The molecular formula is C29H33F4N5O4. The lowest BCUT2D eigenvalue weighted by Gasteiger charge is -2.55. The third kappa shape index (κ3) is 5.95. The number of aromatic nitrogens is 1. The summed E-state index contributed by atoms with van der Waals surface area (Å²) in [6, 6.07) is 6.15. The van der Waals surface area contributed by atoms with Crippen LogP contribution in [0.25, 0.3) is 10.9 Å². The number of anilines is 1. The van der Waals surface area contributed by atoms with Gasteiger partial charge in [-0.05, 0) is 86.5 Å². The standard InChI is InChI=1S/C27H32FN5O2.C2HF3O2/c28-19-7-21(12-29)33(14-19)25(34)23(30)6-18-13-31-24-2-1-20(8-22(18)24)32-26(35)27-9-15-3-16(10-27)5-17(4-15)11-27;3-2(4,5)1(6)7/h1-2,8,13,15-17,19,21,23,31H,3-7,9-11,14,30H2,(H,32,35);(H,6,7). The summed E-state index contributed by atoms with van der Waals surface area (Å²) in [6.45, 7) is -0.0842. The van der Waals surface area contributed by atoms with Crippen molar-refractivity contribution in [3.8, 4) is 6.07 Å². The Morgan fingerprint density at radius 3 is 2.29 bits per heavy atom. The molecule has 226 valence electrons. The third-order valence-electron chi connectivity index (χ3n) is 9.23. The molecule has 4 bridgehead atoms. The number of alkyl halides is 4. The number of rotatable bonds is 5. The van der Waals surface area contributed by atoms with Crippen molar-refractivity contribution in [1.29, 1.82) is 5.26 Å². The Labute approximate surface area is 239 Å². The van der Waals surface area contributed by atoms with Gasteiger partial charge in [-0.15, -0.1) is 0 Å². The fraction of sp³-hybridized carbons (Fsp3) is 0.586. The van der Waals surface area contributed by atoms with E-state index in [0.717, 1.165) is 41.4 Å². The number of carbonyl (C=O) groups is 3. The maximum atomic E-state index is 13.8. The molecule has 1 aliphatic heterocycles. The molecule has 5 N–H and O–H groups in total. The van der Waals surface area contributed by atoms with Crippen molar-refractivity contribution >= 4 is 34.4 Å². The molecule has 1 aromatic carbocycles. The summed E-state index contributed by atoms with van der Waals surface area (Å²) in [6.07, 6.45) is 2.77. The monoisotopic (exact) mass is 591 g/mol. The number of amides is 2. The molecule has 2 heterocycles. The second kappa shape index (κ2) is 11.2. The Kier molecular flexibility index (Phi) is 7.96. The highest BCUT2D eigenvalue weighted by molar-refractivity contribution is 5.98. The van der Waals surface area contributed by atoms with E-state index < -0.39 is 36.3 Å². The van der Waals surface area contributed by atoms with Crippen LogP contribution in [0.15, 0.2) is 24.4 Å². The molecule has 9 nitrogen and oxygen atoms in total. The van der Waals surface area contributed by atoms with Gasteiger partial charge >= 0.3 is 12.1 Å². The molecule has 2 aromatic rings. The number of likely N-dealkylation sites (tertiary alicyclic amines) is 1. The lowest BCUT2D eigenvalue weighted by atomic mass is 9.49. The quantitative estimate of drug-likeness (QED) is 0.381. The van der Waals surface area contributed by atoms with Gasteiger partial charge in [0, 0.05) is 29.2 Å². The summed E-state index contributed by atoms with van der Waals surface area (Å²) in [5.74, 6) is -0.904. The van der Waals surface area contributed by atoms with Crippen LogP contribution in [0, 0.1) is 34.5 Å². The molecule has 2 amide bonds. The number of nitrogens with zero attached hydrogens (tertiary/aromatic N) is 2. The number of nitrogens with one attached hydrogen (secondary N) is 2.